The molecular formula is C57H58N2O14. The van der Waals surface area contributed by atoms with Crippen LogP contribution in [-0.2, 0) is 23.9 Å². The van der Waals surface area contributed by atoms with Gasteiger partial charge in [-0.1, -0.05) is 63.4 Å². The zero-order valence-electron chi connectivity index (χ0n) is 39.2. The third-order valence-electron chi connectivity index (χ3n) is 9.76. The van der Waals surface area contributed by atoms with Crippen LogP contribution in [-0.4, -0.2) is 75.1 Å². The highest BCUT2D eigenvalue weighted by Gasteiger charge is 2.14. The van der Waals surface area contributed by atoms with Crippen LogP contribution in [0.25, 0.3) is 35.5 Å². The smallest absolute Gasteiger partial charge is 0.336 e. The minimum Gasteiger partial charge on any atom is -0.497 e. The van der Waals surface area contributed by atoms with Crippen LogP contribution >= 0.6 is 0 Å². The van der Waals surface area contributed by atoms with E-state index in [0.717, 1.165) is 5.56 Å². The molecule has 0 aliphatic heterocycles. The molecule has 3 amide bonds. The summed E-state index contributed by atoms with van der Waals surface area (Å²) in [5.41, 5.74) is 8.89. The zero-order valence-corrected chi connectivity index (χ0v) is 39.2. The number of rotatable bonds is 19. The lowest BCUT2D eigenvalue weighted by Gasteiger charge is -2.09. The Hall–Kier alpha value is -9.57. The maximum absolute atomic E-state index is 12.0. The first kappa shape index (κ1) is 57.7. The molecule has 5 N–H and O–H groups in total. The van der Waals surface area contributed by atoms with Crippen molar-refractivity contribution in [1.82, 2.24) is 5.32 Å². The van der Waals surface area contributed by atoms with E-state index in [2.05, 4.69) is 0 Å². The lowest BCUT2D eigenvalue weighted by atomic mass is 10.0. The maximum atomic E-state index is 12.0. The number of amides is 3. The molecule has 0 heterocycles. The van der Waals surface area contributed by atoms with Gasteiger partial charge in [-0.2, -0.15) is 0 Å². The zero-order chi connectivity index (χ0) is 51.3. The fourth-order valence-electron chi connectivity index (χ4n) is 6.36. The molecule has 6 aromatic rings. The number of carboxylic acid groups (broad SMARTS) is 2. The summed E-state index contributed by atoms with van der Waals surface area (Å²) in [5.74, 6) is 1.25. The summed E-state index contributed by atoms with van der Waals surface area (Å²) in [7, 11) is 6.11. The highest BCUT2D eigenvalue weighted by molar-refractivity contribution is 6.21. The summed E-state index contributed by atoms with van der Waals surface area (Å²) in [6.07, 6.45) is 8.84. The normalized spacial score (nSPS) is 10.9. The van der Waals surface area contributed by atoms with Gasteiger partial charge >= 0.3 is 23.9 Å². The van der Waals surface area contributed by atoms with Crippen molar-refractivity contribution < 1.29 is 67.3 Å². The molecule has 0 unspecified atom stereocenters. The number of urea groups is 1. The summed E-state index contributed by atoms with van der Waals surface area (Å²) in [5, 5.41) is 21.5. The number of nitrogens with one attached hydrogen (secondary N) is 1. The molecule has 6 rings (SSSR count). The number of nitrogens with two attached hydrogens (primary N) is 1. The number of benzene rings is 6. The second-order valence-electron chi connectivity index (χ2n) is 14.7. The highest BCUT2D eigenvalue weighted by atomic mass is 16.5. The van der Waals surface area contributed by atoms with Crippen LogP contribution in [0.4, 0.5) is 4.79 Å². The molecule has 16 nitrogen and oxygen atoms in total. The van der Waals surface area contributed by atoms with E-state index < -0.39 is 29.8 Å². The topological polar surface area (TPSA) is 228 Å². The van der Waals surface area contributed by atoms with Gasteiger partial charge in [0.1, 0.15) is 46.0 Å². The lowest BCUT2D eigenvalue weighted by Crippen LogP contribution is -2.33. The number of methoxy groups -OCH3 is 4. The average Bonchev–Trinajstić information content (AvgIpc) is 3.37. The van der Waals surface area contributed by atoms with Gasteiger partial charge in [-0.25, -0.2) is 19.2 Å². The van der Waals surface area contributed by atoms with Gasteiger partial charge in [0.2, 0.25) is 0 Å². The van der Waals surface area contributed by atoms with Crippen molar-refractivity contribution in [3.05, 3.63) is 179 Å². The monoisotopic (exact) mass is 994 g/mol. The quantitative estimate of drug-likeness (QED) is 0.0336. The highest BCUT2D eigenvalue weighted by Crippen LogP contribution is 2.31. The van der Waals surface area contributed by atoms with Crippen molar-refractivity contribution in [2.45, 2.75) is 21.8 Å². The molecule has 0 atom stereocenters. The van der Waals surface area contributed by atoms with Crippen LogP contribution in [0.15, 0.2) is 146 Å². The number of hydrogen-bond donors (Lipinski definition) is 4. The Morgan fingerprint density at radius 2 is 0.808 bits per heavy atom. The maximum Gasteiger partial charge on any atom is 0.336 e. The standard InChI is InChI=1S/C28H26O7.C27H24N2O7.2CH4/c1-4-34-27(29)14-7-19-5-10-22(11-6-19)35-23-12-8-21(9-13-23)26(28(30)31)17-20-15-24(32-2)18-25(16-20)33-3;1-34-22-13-18(14-23(16-22)35-2)15-24(26(31)32)19-6-10-21(11-7-19)36-20-8-3-17(4-9-20)5-12-25(30)29-27(28)33;;/h5-18H,4H2,1-3H3,(H,30,31);3-16H,1-2H3,(H,31,32)(H3,28,29,30,33);2*1H4/b14-7+,26-17+;12-5+,24-15+;;. The summed E-state index contributed by atoms with van der Waals surface area (Å²) >= 11 is 0. The number of carbonyl (C=O) groups excluding carboxylic acids is 3. The van der Waals surface area contributed by atoms with E-state index in [1.165, 1.54) is 46.7 Å². The number of imide groups is 1. The van der Waals surface area contributed by atoms with E-state index in [-0.39, 0.29) is 26.0 Å². The molecule has 0 saturated heterocycles. The molecule has 0 aliphatic rings. The number of carboxylic acids is 2. The van der Waals surface area contributed by atoms with Crippen molar-refractivity contribution in [2.75, 3.05) is 35.0 Å². The van der Waals surface area contributed by atoms with E-state index in [0.29, 0.717) is 80.4 Å². The Morgan fingerprint density at radius 1 is 0.479 bits per heavy atom. The van der Waals surface area contributed by atoms with Gasteiger partial charge in [0.25, 0.3) is 5.91 Å². The molecule has 0 aliphatic carbocycles. The van der Waals surface area contributed by atoms with Crippen molar-refractivity contribution in [2.24, 2.45) is 5.73 Å². The fourth-order valence-corrected chi connectivity index (χ4v) is 6.36. The lowest BCUT2D eigenvalue weighted by molar-refractivity contribution is -0.137. The Bertz CT molecular complexity index is 2900. The number of hydrogen-bond acceptors (Lipinski definition) is 12. The summed E-state index contributed by atoms with van der Waals surface area (Å²) in [6.45, 7) is 2.08. The van der Waals surface area contributed by atoms with Gasteiger partial charge in [0.15, 0.2) is 0 Å². The number of carbonyl (C=O) groups is 5. The SMILES string of the molecule is C.C.CCOC(=O)/C=C/c1ccc(Oc2ccc(/C(=C\c3cc(OC)cc(OC)c3)C(=O)O)cc2)cc1.COc1cc(/C=C(/C(=O)O)c2ccc(Oc3ccc(/C=C/C(=O)NC(N)=O)cc3)cc2)cc(OC)c1. The van der Waals surface area contributed by atoms with Crippen LogP contribution in [0, 0.1) is 0 Å². The molecule has 6 aromatic carbocycles. The molecular weight excluding hydrogens is 937 g/mol. The molecule has 0 spiro atoms. The third kappa shape index (κ3) is 18.4. The first-order valence-electron chi connectivity index (χ1n) is 21.4. The van der Waals surface area contributed by atoms with Crippen LogP contribution in [0.2, 0.25) is 0 Å². The Balaban J connectivity index is 0.000000375. The number of esters is 1. The van der Waals surface area contributed by atoms with E-state index >= 15 is 0 Å². The predicted octanol–water partition coefficient (Wildman–Crippen LogP) is 11.3. The molecule has 73 heavy (non-hydrogen) atoms. The van der Waals surface area contributed by atoms with Crippen molar-refractivity contribution >= 4 is 65.3 Å². The van der Waals surface area contributed by atoms with Crippen molar-refractivity contribution in [1.29, 1.82) is 0 Å². The van der Waals surface area contributed by atoms with Gasteiger partial charge in [-0.15, -0.1) is 0 Å². The minimum atomic E-state index is -1.08. The largest absolute Gasteiger partial charge is 0.497 e. The molecule has 0 radical (unpaired) electrons. The van der Waals surface area contributed by atoms with E-state index in [9.17, 15) is 34.2 Å². The summed E-state index contributed by atoms with van der Waals surface area (Å²) in [4.78, 5) is 57.4. The van der Waals surface area contributed by atoms with Gasteiger partial charge in [-0.3, -0.25) is 10.1 Å². The predicted molar refractivity (Wildman–Crippen MR) is 282 cm³/mol. The Morgan fingerprint density at radius 3 is 1.11 bits per heavy atom. The Labute approximate surface area is 424 Å². The molecule has 0 fully saturated rings. The molecule has 380 valence electrons. The summed E-state index contributed by atoms with van der Waals surface area (Å²) in [6, 6.07) is 36.8. The van der Waals surface area contributed by atoms with Gasteiger partial charge < -0.3 is 49.1 Å². The fraction of sp³-hybridized carbons (Fsp3) is 0.140. The van der Waals surface area contributed by atoms with Gasteiger partial charge in [0.05, 0.1) is 46.2 Å². The second kappa shape index (κ2) is 28.8. The Kier molecular flexibility index (Phi) is 22.8. The van der Waals surface area contributed by atoms with Crippen LogP contribution in [0.5, 0.6) is 46.0 Å². The van der Waals surface area contributed by atoms with Crippen LogP contribution < -0.4 is 39.5 Å². The van der Waals surface area contributed by atoms with E-state index in [1.807, 2.05) is 17.4 Å². The van der Waals surface area contributed by atoms with Crippen LogP contribution in [0.3, 0.4) is 0 Å². The second-order valence-corrected chi connectivity index (χ2v) is 14.7. The first-order valence-corrected chi connectivity index (χ1v) is 21.4. The van der Waals surface area contributed by atoms with Crippen LogP contribution in [0.1, 0.15) is 55.2 Å². The molecule has 0 bridgehead atoms. The van der Waals surface area contributed by atoms with Gasteiger partial charge in [0, 0.05) is 24.3 Å². The number of aliphatic carboxylic acids is 2. The molecule has 0 saturated carbocycles. The average molecular weight is 995 g/mol. The number of ether oxygens (including phenoxy) is 7. The third-order valence-corrected chi connectivity index (χ3v) is 9.76. The molecule has 0 aromatic heterocycles. The number of primary amides is 1. The van der Waals surface area contributed by atoms with Gasteiger partial charge in [-0.05, 0) is 137 Å². The van der Waals surface area contributed by atoms with E-state index in [1.54, 1.807) is 146 Å². The molecule has 16 heteroatoms. The minimum absolute atomic E-state index is 0. The van der Waals surface area contributed by atoms with Crippen molar-refractivity contribution in [3.63, 3.8) is 0 Å². The van der Waals surface area contributed by atoms with E-state index in [4.69, 9.17) is 38.9 Å². The summed E-state index contributed by atoms with van der Waals surface area (Å²) < 4.78 is 37.6. The van der Waals surface area contributed by atoms with Crippen molar-refractivity contribution in [3.8, 4) is 46.0 Å². The first-order chi connectivity index (χ1) is 34.2.